The van der Waals surface area contributed by atoms with Gasteiger partial charge in [0.05, 0.1) is 5.56 Å². The number of fused-ring (bicyclic) bond motifs is 1. The molecule has 10 nitrogen and oxygen atoms in total. The average Bonchev–Trinajstić information content (AvgIpc) is 3.13. The van der Waals surface area contributed by atoms with Gasteiger partial charge in [0.2, 0.25) is 11.9 Å². The standard InChI is InChI=1S/C22H23BN6O4/c1-12-8-16-15(19(24)30)6-3-7-18(16)29(12)22-27-11-17(20(25)31)21(28-22)26-10-13-4-2-5-14(9-13)23(32)33/h2-7,9,11-12,32-33H,8,10H2,1H3,(H2,24,30)(H2,25,31)(H,26,27,28). The third-order valence-corrected chi connectivity index (χ3v) is 5.58. The van der Waals surface area contributed by atoms with Crippen LogP contribution in [0.15, 0.2) is 48.7 Å². The van der Waals surface area contributed by atoms with E-state index in [1.807, 2.05) is 17.9 Å². The number of hydrogen-bond donors (Lipinski definition) is 5. The lowest BCUT2D eigenvalue weighted by atomic mass is 9.80. The molecule has 0 aliphatic carbocycles. The first-order valence-electron chi connectivity index (χ1n) is 10.3. The van der Waals surface area contributed by atoms with Gasteiger partial charge >= 0.3 is 7.12 Å². The summed E-state index contributed by atoms with van der Waals surface area (Å²) < 4.78 is 0. The van der Waals surface area contributed by atoms with E-state index < -0.39 is 18.9 Å². The van der Waals surface area contributed by atoms with Gasteiger partial charge in [0.1, 0.15) is 5.82 Å². The number of anilines is 3. The van der Waals surface area contributed by atoms with Crippen LogP contribution >= 0.6 is 0 Å². The highest BCUT2D eigenvalue weighted by atomic mass is 16.4. The van der Waals surface area contributed by atoms with E-state index in [1.54, 1.807) is 36.4 Å². The van der Waals surface area contributed by atoms with Crippen molar-refractivity contribution in [2.24, 2.45) is 11.5 Å². The number of nitrogens with zero attached hydrogens (tertiary/aromatic N) is 3. The summed E-state index contributed by atoms with van der Waals surface area (Å²) in [5.74, 6) is -0.595. The first-order valence-corrected chi connectivity index (χ1v) is 10.3. The topological polar surface area (TPSA) is 168 Å². The maximum Gasteiger partial charge on any atom is 0.488 e. The van der Waals surface area contributed by atoms with E-state index in [1.165, 1.54) is 6.20 Å². The Hall–Kier alpha value is -3.96. The zero-order valence-corrected chi connectivity index (χ0v) is 17.9. The maximum atomic E-state index is 12.0. The van der Waals surface area contributed by atoms with Crippen LogP contribution < -0.4 is 27.1 Å². The molecule has 11 heteroatoms. The summed E-state index contributed by atoms with van der Waals surface area (Å²) in [5, 5.41) is 21.9. The molecule has 0 radical (unpaired) electrons. The van der Waals surface area contributed by atoms with Crippen molar-refractivity contribution in [2.75, 3.05) is 10.2 Å². The van der Waals surface area contributed by atoms with Crippen LogP contribution in [0.4, 0.5) is 17.5 Å². The van der Waals surface area contributed by atoms with Crippen LogP contribution in [0.1, 0.15) is 38.8 Å². The molecule has 33 heavy (non-hydrogen) atoms. The predicted octanol–water partition coefficient (Wildman–Crippen LogP) is 0.0490. The first kappa shape index (κ1) is 22.2. The number of rotatable bonds is 7. The summed E-state index contributed by atoms with van der Waals surface area (Å²) in [6.45, 7) is 2.24. The minimum atomic E-state index is -1.58. The molecule has 4 rings (SSSR count). The number of amides is 2. The Kier molecular flexibility index (Phi) is 5.99. The minimum absolute atomic E-state index is 0.0458. The highest BCUT2D eigenvalue weighted by Gasteiger charge is 2.32. The number of aromatic nitrogens is 2. The highest BCUT2D eigenvalue weighted by molar-refractivity contribution is 6.58. The van der Waals surface area contributed by atoms with Gasteiger partial charge in [-0.05, 0) is 42.1 Å². The number of nitrogens with two attached hydrogens (primary N) is 2. The number of carbonyl (C=O) groups is 2. The fourth-order valence-electron chi connectivity index (χ4n) is 4.03. The SMILES string of the molecule is CC1Cc2c(C(N)=O)cccc2N1c1ncc(C(N)=O)c(NCc2cccc(B(O)O)c2)n1. The van der Waals surface area contributed by atoms with Crippen molar-refractivity contribution in [3.63, 3.8) is 0 Å². The van der Waals surface area contributed by atoms with Crippen LogP contribution in [-0.4, -0.2) is 45.0 Å². The fraction of sp³-hybridized carbons (Fsp3) is 0.182. The van der Waals surface area contributed by atoms with E-state index in [2.05, 4.69) is 15.3 Å². The molecule has 3 aromatic rings. The third kappa shape index (κ3) is 4.36. The zero-order valence-electron chi connectivity index (χ0n) is 17.9. The largest absolute Gasteiger partial charge is 0.488 e. The maximum absolute atomic E-state index is 12.0. The molecule has 2 aromatic carbocycles. The van der Waals surface area contributed by atoms with E-state index in [4.69, 9.17) is 11.5 Å². The molecule has 2 heterocycles. The molecule has 0 bridgehead atoms. The first-order chi connectivity index (χ1) is 15.8. The van der Waals surface area contributed by atoms with Gasteiger partial charge in [-0.1, -0.05) is 30.3 Å². The summed E-state index contributed by atoms with van der Waals surface area (Å²) >= 11 is 0. The van der Waals surface area contributed by atoms with Crippen molar-refractivity contribution in [3.8, 4) is 0 Å². The Morgan fingerprint density at radius 3 is 2.58 bits per heavy atom. The molecule has 1 aromatic heterocycles. The Balaban J connectivity index is 1.68. The van der Waals surface area contributed by atoms with Gasteiger partial charge in [0.25, 0.3) is 5.91 Å². The molecule has 7 N–H and O–H groups in total. The number of benzene rings is 2. The lowest BCUT2D eigenvalue weighted by Crippen LogP contribution is -2.30. The van der Waals surface area contributed by atoms with Crippen LogP contribution in [0.25, 0.3) is 0 Å². The molecule has 1 atom stereocenters. The smallest absolute Gasteiger partial charge is 0.423 e. The van der Waals surface area contributed by atoms with Crippen LogP contribution in [0.2, 0.25) is 0 Å². The Bertz CT molecular complexity index is 1240. The molecular formula is C22H23BN6O4. The van der Waals surface area contributed by atoms with Crippen molar-refractivity contribution in [1.82, 2.24) is 9.97 Å². The van der Waals surface area contributed by atoms with Crippen LogP contribution in [0, 0.1) is 0 Å². The Morgan fingerprint density at radius 2 is 1.88 bits per heavy atom. The molecule has 0 saturated heterocycles. The van der Waals surface area contributed by atoms with Gasteiger partial charge in [-0.15, -0.1) is 0 Å². The van der Waals surface area contributed by atoms with Crippen LogP contribution in [0.3, 0.4) is 0 Å². The monoisotopic (exact) mass is 446 g/mol. The van der Waals surface area contributed by atoms with Crippen LogP contribution in [-0.2, 0) is 13.0 Å². The molecule has 0 spiro atoms. The van der Waals surface area contributed by atoms with Gasteiger partial charge in [-0.2, -0.15) is 4.98 Å². The summed E-state index contributed by atoms with van der Waals surface area (Å²) in [6.07, 6.45) is 1.96. The summed E-state index contributed by atoms with van der Waals surface area (Å²) in [6, 6.07) is 12.0. The van der Waals surface area contributed by atoms with E-state index in [9.17, 15) is 19.6 Å². The number of primary amides is 2. The van der Waals surface area contributed by atoms with Gasteiger partial charge in [-0.3, -0.25) is 9.59 Å². The second-order valence-corrected chi connectivity index (χ2v) is 7.86. The van der Waals surface area contributed by atoms with Crippen molar-refractivity contribution in [3.05, 3.63) is 70.9 Å². The summed E-state index contributed by atoms with van der Waals surface area (Å²) in [7, 11) is -1.58. The molecule has 2 amide bonds. The summed E-state index contributed by atoms with van der Waals surface area (Å²) in [4.78, 5) is 34.6. The van der Waals surface area contributed by atoms with Gasteiger partial charge < -0.3 is 31.7 Å². The lowest BCUT2D eigenvalue weighted by molar-refractivity contribution is 0.0991. The van der Waals surface area contributed by atoms with Gasteiger partial charge in [0.15, 0.2) is 0 Å². The van der Waals surface area contributed by atoms with Crippen molar-refractivity contribution in [2.45, 2.75) is 25.9 Å². The molecule has 1 aliphatic heterocycles. The van der Waals surface area contributed by atoms with Crippen molar-refractivity contribution in [1.29, 1.82) is 0 Å². The highest BCUT2D eigenvalue weighted by Crippen LogP contribution is 2.38. The molecule has 1 aliphatic rings. The minimum Gasteiger partial charge on any atom is -0.423 e. The van der Waals surface area contributed by atoms with E-state index in [-0.39, 0.29) is 24.0 Å². The number of nitrogens with one attached hydrogen (secondary N) is 1. The second-order valence-electron chi connectivity index (χ2n) is 7.86. The van der Waals surface area contributed by atoms with E-state index in [0.29, 0.717) is 23.4 Å². The van der Waals surface area contributed by atoms with E-state index >= 15 is 0 Å². The second kappa shape index (κ2) is 8.89. The van der Waals surface area contributed by atoms with Crippen LogP contribution in [0.5, 0.6) is 0 Å². The molecule has 0 saturated carbocycles. The average molecular weight is 446 g/mol. The number of hydrogen-bond acceptors (Lipinski definition) is 8. The number of carbonyl (C=O) groups excluding carboxylic acids is 2. The lowest BCUT2D eigenvalue weighted by Gasteiger charge is -2.23. The normalized spacial score (nSPS) is 14.6. The van der Waals surface area contributed by atoms with Gasteiger partial charge in [-0.25, -0.2) is 4.98 Å². The summed E-state index contributed by atoms with van der Waals surface area (Å²) in [5.41, 5.74) is 14.3. The van der Waals surface area contributed by atoms with Crippen molar-refractivity contribution >= 4 is 41.8 Å². The Labute approximate surface area is 190 Å². The predicted molar refractivity (Wildman–Crippen MR) is 124 cm³/mol. The van der Waals surface area contributed by atoms with Crippen molar-refractivity contribution < 1.29 is 19.6 Å². The quantitative estimate of drug-likeness (QED) is 0.317. The fourth-order valence-corrected chi connectivity index (χ4v) is 4.03. The third-order valence-electron chi connectivity index (χ3n) is 5.58. The zero-order chi connectivity index (χ0) is 23.7. The molecule has 0 fully saturated rings. The molecule has 168 valence electrons. The molecule has 1 unspecified atom stereocenters. The van der Waals surface area contributed by atoms with E-state index in [0.717, 1.165) is 16.8 Å². The Morgan fingerprint density at radius 1 is 1.15 bits per heavy atom. The van der Waals surface area contributed by atoms with Gasteiger partial charge in [0, 0.05) is 30.0 Å². The molecular weight excluding hydrogens is 423 g/mol.